The molecule has 0 aliphatic carbocycles. The fourth-order valence-corrected chi connectivity index (χ4v) is 5.08. The minimum atomic E-state index is -4.11. The Morgan fingerprint density at radius 3 is 2.39 bits per heavy atom. The number of nitrogens with one attached hydrogen (secondary N) is 2. The number of aromatic nitrogens is 2. The Hall–Kier alpha value is -3.90. The van der Waals surface area contributed by atoms with Crippen LogP contribution in [0.4, 0.5) is 5.69 Å². The summed E-state index contributed by atoms with van der Waals surface area (Å²) in [4.78, 5) is 24.4. The summed E-state index contributed by atoms with van der Waals surface area (Å²) in [6.07, 6.45) is 0.543. The molecule has 1 amide bonds. The Morgan fingerprint density at radius 1 is 1.11 bits per heavy atom. The minimum Gasteiger partial charge on any atom is -0.496 e. The van der Waals surface area contributed by atoms with Crippen LogP contribution < -0.4 is 19.5 Å². The number of nitrogens with zero attached hydrogens (tertiary/aromatic N) is 2. The van der Waals surface area contributed by atoms with Gasteiger partial charge < -0.3 is 19.9 Å². The molecule has 0 saturated carbocycles. The summed E-state index contributed by atoms with van der Waals surface area (Å²) < 4.78 is 42.1. The number of anilines is 1. The third-order valence-corrected chi connectivity index (χ3v) is 7.41. The molecule has 3 rings (SSSR count). The van der Waals surface area contributed by atoms with Gasteiger partial charge in [-0.3, -0.25) is 4.79 Å². The number of amides is 1. The van der Waals surface area contributed by atoms with E-state index in [0.717, 1.165) is 0 Å². The molecule has 0 bridgehead atoms. The van der Waals surface area contributed by atoms with E-state index in [9.17, 15) is 23.1 Å². The minimum absolute atomic E-state index is 0.0575. The number of benzene rings is 2. The number of para-hydroxylation sites is 1. The number of carboxylic acids is 1. The quantitative estimate of drug-likeness (QED) is 0.317. The van der Waals surface area contributed by atoms with Crippen molar-refractivity contribution in [3.8, 4) is 17.4 Å². The third-order valence-electron chi connectivity index (χ3n) is 5.80. The Labute approximate surface area is 221 Å². The zero-order valence-electron chi connectivity index (χ0n) is 22.1. The van der Waals surface area contributed by atoms with Gasteiger partial charge in [0, 0.05) is 17.3 Å². The van der Waals surface area contributed by atoms with E-state index in [0.29, 0.717) is 12.2 Å². The number of sulfonamides is 1. The molecule has 0 radical (unpaired) electrons. The average molecular weight is 545 g/mol. The number of carbonyl (C=O) groups excluding carboxylic acids is 1. The Kier molecular flexibility index (Phi) is 8.79. The van der Waals surface area contributed by atoms with Crippen molar-refractivity contribution >= 4 is 27.6 Å². The maximum atomic E-state index is 13.4. The van der Waals surface area contributed by atoms with Crippen molar-refractivity contribution in [1.82, 2.24) is 14.5 Å². The van der Waals surface area contributed by atoms with Crippen molar-refractivity contribution in [2.45, 2.75) is 58.0 Å². The molecule has 0 saturated heterocycles. The summed E-state index contributed by atoms with van der Waals surface area (Å²) in [6, 6.07) is 10.2. The van der Waals surface area contributed by atoms with Gasteiger partial charge in [0.15, 0.2) is 5.69 Å². The van der Waals surface area contributed by atoms with Crippen molar-refractivity contribution < 1.29 is 32.6 Å². The predicted molar refractivity (Wildman–Crippen MR) is 142 cm³/mol. The zero-order valence-corrected chi connectivity index (χ0v) is 22.9. The molecule has 0 spiro atoms. The first-order chi connectivity index (χ1) is 17.9. The SMILES string of the molecule is CC[C@H](C)NS(=O)(=O)c1cc(NC(=O)c2ccccc2OC)ccc1Oc1c(C)c(C(=O)O)nn1C(C)C. The lowest BCUT2D eigenvalue weighted by Gasteiger charge is -2.18. The zero-order chi connectivity index (χ0) is 28.2. The first-order valence-corrected chi connectivity index (χ1v) is 13.5. The lowest BCUT2D eigenvalue weighted by atomic mass is 10.2. The first-order valence-electron chi connectivity index (χ1n) is 12.0. The topological polar surface area (TPSA) is 149 Å². The lowest BCUT2D eigenvalue weighted by Crippen LogP contribution is -2.32. The molecule has 12 heteroatoms. The Balaban J connectivity index is 2.10. The summed E-state index contributed by atoms with van der Waals surface area (Å²) >= 11 is 0. The molecule has 1 aromatic heterocycles. The average Bonchev–Trinajstić information content (AvgIpc) is 3.20. The number of hydrogen-bond acceptors (Lipinski definition) is 7. The van der Waals surface area contributed by atoms with E-state index in [1.54, 1.807) is 45.0 Å². The molecule has 11 nitrogen and oxygen atoms in total. The van der Waals surface area contributed by atoms with Gasteiger partial charge in [0.1, 0.15) is 16.4 Å². The van der Waals surface area contributed by atoms with Gasteiger partial charge in [-0.05, 0) is 64.4 Å². The normalized spacial score (nSPS) is 12.3. The predicted octanol–water partition coefficient (Wildman–Crippen LogP) is 4.60. The van der Waals surface area contributed by atoms with Crippen LogP contribution in [0.2, 0.25) is 0 Å². The Bertz CT molecular complexity index is 1450. The van der Waals surface area contributed by atoms with Gasteiger partial charge in [-0.1, -0.05) is 19.1 Å². The summed E-state index contributed by atoms with van der Waals surface area (Å²) in [6.45, 7) is 8.69. The van der Waals surface area contributed by atoms with Crippen molar-refractivity contribution in [1.29, 1.82) is 0 Å². The highest BCUT2D eigenvalue weighted by Gasteiger charge is 2.27. The summed E-state index contributed by atoms with van der Waals surface area (Å²) in [5.41, 5.74) is 0.530. The Morgan fingerprint density at radius 2 is 1.79 bits per heavy atom. The summed E-state index contributed by atoms with van der Waals surface area (Å²) in [7, 11) is -2.66. The van der Waals surface area contributed by atoms with Gasteiger partial charge in [0.2, 0.25) is 15.9 Å². The smallest absolute Gasteiger partial charge is 0.356 e. The molecule has 2 aromatic carbocycles. The van der Waals surface area contributed by atoms with E-state index in [-0.39, 0.29) is 51.1 Å². The maximum absolute atomic E-state index is 13.4. The van der Waals surface area contributed by atoms with E-state index < -0.39 is 21.9 Å². The lowest BCUT2D eigenvalue weighted by molar-refractivity contribution is 0.0688. The van der Waals surface area contributed by atoms with Gasteiger partial charge in [0.25, 0.3) is 5.91 Å². The molecule has 38 heavy (non-hydrogen) atoms. The van der Waals surface area contributed by atoms with E-state index in [1.165, 1.54) is 36.9 Å². The molecule has 0 fully saturated rings. The number of hydrogen-bond donors (Lipinski definition) is 3. The molecule has 1 atom stereocenters. The van der Waals surface area contributed by atoms with Crippen molar-refractivity contribution in [2.24, 2.45) is 0 Å². The molecule has 0 aliphatic rings. The van der Waals surface area contributed by atoms with E-state index in [2.05, 4.69) is 15.1 Å². The molecule has 0 aliphatic heterocycles. The van der Waals surface area contributed by atoms with Gasteiger partial charge in [-0.2, -0.15) is 5.10 Å². The van der Waals surface area contributed by atoms with Crippen LogP contribution in [0.25, 0.3) is 0 Å². The van der Waals surface area contributed by atoms with E-state index in [4.69, 9.17) is 9.47 Å². The van der Waals surface area contributed by atoms with Gasteiger partial charge in [0.05, 0.1) is 18.7 Å². The molecule has 3 N–H and O–H groups in total. The van der Waals surface area contributed by atoms with E-state index in [1.807, 2.05) is 6.92 Å². The van der Waals surface area contributed by atoms with Gasteiger partial charge in [-0.25, -0.2) is 22.6 Å². The van der Waals surface area contributed by atoms with Gasteiger partial charge >= 0.3 is 5.97 Å². The van der Waals surface area contributed by atoms with Crippen LogP contribution >= 0.6 is 0 Å². The highest BCUT2D eigenvalue weighted by Crippen LogP contribution is 2.35. The van der Waals surface area contributed by atoms with Crippen molar-refractivity contribution in [3.05, 3.63) is 59.3 Å². The van der Waals surface area contributed by atoms with Crippen LogP contribution in [-0.2, 0) is 10.0 Å². The van der Waals surface area contributed by atoms with Crippen molar-refractivity contribution in [2.75, 3.05) is 12.4 Å². The van der Waals surface area contributed by atoms with Crippen molar-refractivity contribution in [3.63, 3.8) is 0 Å². The second kappa shape index (κ2) is 11.7. The molecular weight excluding hydrogens is 512 g/mol. The summed E-state index contributed by atoms with van der Waals surface area (Å²) in [5, 5.41) is 16.4. The number of aromatic carboxylic acids is 1. The number of rotatable bonds is 11. The van der Waals surface area contributed by atoms with Gasteiger partial charge in [-0.15, -0.1) is 0 Å². The molecule has 0 unspecified atom stereocenters. The van der Waals surface area contributed by atoms with Crippen LogP contribution in [0.1, 0.15) is 66.6 Å². The molecule has 3 aromatic rings. The highest BCUT2D eigenvalue weighted by atomic mass is 32.2. The highest BCUT2D eigenvalue weighted by molar-refractivity contribution is 7.89. The van der Waals surface area contributed by atoms with Crippen LogP contribution in [0.15, 0.2) is 47.4 Å². The standard InChI is InChI=1S/C26H32N4O7S/c1-7-16(4)29-38(34,35)22-14-18(27-24(31)19-10-8-9-11-20(19)36-6)12-13-21(22)37-25-17(5)23(26(32)33)28-30(25)15(2)3/h8-16,29H,7H2,1-6H3,(H,27,31)(H,32,33)/t16-/m0/s1. The summed E-state index contributed by atoms with van der Waals surface area (Å²) in [5.74, 6) is -1.31. The fourth-order valence-electron chi connectivity index (χ4n) is 3.60. The van der Waals surface area contributed by atoms with E-state index >= 15 is 0 Å². The maximum Gasteiger partial charge on any atom is 0.356 e. The molecule has 1 heterocycles. The monoisotopic (exact) mass is 544 g/mol. The molecule has 204 valence electrons. The van der Waals surface area contributed by atoms with Crippen LogP contribution in [0.5, 0.6) is 17.4 Å². The number of carbonyl (C=O) groups is 2. The third kappa shape index (κ3) is 6.14. The van der Waals surface area contributed by atoms with Crippen LogP contribution in [0.3, 0.4) is 0 Å². The number of ether oxygens (including phenoxy) is 2. The number of carboxylic acid groups (broad SMARTS) is 1. The largest absolute Gasteiger partial charge is 0.496 e. The first kappa shape index (κ1) is 28.7. The van der Waals surface area contributed by atoms with Crippen LogP contribution in [-0.4, -0.2) is 48.3 Å². The second-order valence-corrected chi connectivity index (χ2v) is 10.7. The fraction of sp³-hybridized carbons (Fsp3) is 0.346. The van der Waals surface area contributed by atoms with Crippen LogP contribution in [0, 0.1) is 6.92 Å². The second-order valence-electron chi connectivity index (χ2n) is 8.97. The number of methoxy groups -OCH3 is 1. The molecular formula is C26H32N4O7S.